The van der Waals surface area contributed by atoms with E-state index in [0.717, 1.165) is 6.42 Å². The highest BCUT2D eigenvalue weighted by Gasteiger charge is 2.25. The van der Waals surface area contributed by atoms with E-state index in [2.05, 4.69) is 79.2 Å². The molecule has 96 valence electrons. The fraction of sp³-hybridized carbons (Fsp3) is 0.412. The van der Waals surface area contributed by atoms with Crippen molar-refractivity contribution in [2.24, 2.45) is 5.41 Å². The first kappa shape index (κ1) is 13.6. The van der Waals surface area contributed by atoms with Crippen LogP contribution in [0.4, 0.5) is 0 Å². The van der Waals surface area contributed by atoms with Crippen molar-refractivity contribution >= 4 is 26.7 Å². The van der Waals surface area contributed by atoms with E-state index in [0.29, 0.717) is 10.2 Å². The predicted octanol–water partition coefficient (Wildman–Crippen LogP) is 5.58. The summed E-state index contributed by atoms with van der Waals surface area (Å²) in [5.74, 6) is 0. The summed E-state index contributed by atoms with van der Waals surface area (Å²) in [6.07, 6.45) is 2.27. The van der Waals surface area contributed by atoms with Crippen LogP contribution in [0.15, 0.2) is 42.5 Å². The molecule has 18 heavy (non-hydrogen) atoms. The van der Waals surface area contributed by atoms with E-state index in [1.165, 1.54) is 22.8 Å². The van der Waals surface area contributed by atoms with Crippen LogP contribution in [-0.2, 0) is 6.42 Å². The van der Waals surface area contributed by atoms with Gasteiger partial charge in [-0.2, -0.15) is 0 Å². The Kier molecular flexibility index (Phi) is 4.11. The zero-order valence-corrected chi connectivity index (χ0v) is 13.0. The van der Waals surface area contributed by atoms with Gasteiger partial charge >= 0.3 is 0 Å². The Balaban J connectivity index is 2.32. The van der Waals surface area contributed by atoms with Crippen LogP contribution >= 0.6 is 15.9 Å². The van der Waals surface area contributed by atoms with Crippen molar-refractivity contribution in [3.8, 4) is 0 Å². The summed E-state index contributed by atoms with van der Waals surface area (Å²) in [6.45, 7) is 6.92. The van der Waals surface area contributed by atoms with Crippen LogP contribution in [0.3, 0.4) is 0 Å². The van der Waals surface area contributed by atoms with Gasteiger partial charge in [0.15, 0.2) is 0 Å². The Morgan fingerprint density at radius 1 is 1.06 bits per heavy atom. The van der Waals surface area contributed by atoms with E-state index in [9.17, 15) is 0 Å². The fourth-order valence-corrected chi connectivity index (χ4v) is 2.83. The molecule has 1 unspecified atom stereocenters. The van der Waals surface area contributed by atoms with Crippen LogP contribution in [0.25, 0.3) is 10.8 Å². The minimum absolute atomic E-state index is 0.330. The Morgan fingerprint density at radius 2 is 1.72 bits per heavy atom. The smallest absolute Gasteiger partial charge is 0.0237 e. The summed E-state index contributed by atoms with van der Waals surface area (Å²) in [6, 6.07) is 15.2. The maximum atomic E-state index is 3.88. The lowest BCUT2D eigenvalue weighted by Crippen LogP contribution is -2.25. The van der Waals surface area contributed by atoms with Crippen LogP contribution in [0.2, 0.25) is 0 Å². The molecule has 0 bridgehead atoms. The number of rotatable bonds is 4. The molecular weight excluding hydrogens is 284 g/mol. The van der Waals surface area contributed by atoms with Gasteiger partial charge < -0.3 is 0 Å². The molecule has 0 amide bonds. The van der Waals surface area contributed by atoms with Crippen molar-refractivity contribution in [1.29, 1.82) is 0 Å². The third kappa shape index (κ3) is 2.77. The molecule has 0 saturated heterocycles. The molecule has 0 radical (unpaired) electrons. The van der Waals surface area contributed by atoms with Crippen LogP contribution in [0.1, 0.15) is 32.8 Å². The van der Waals surface area contributed by atoms with E-state index in [-0.39, 0.29) is 0 Å². The first-order valence-corrected chi connectivity index (χ1v) is 7.57. The number of benzene rings is 2. The van der Waals surface area contributed by atoms with E-state index < -0.39 is 0 Å². The third-order valence-electron chi connectivity index (χ3n) is 4.04. The molecule has 0 spiro atoms. The molecule has 0 aromatic heterocycles. The first-order valence-electron chi connectivity index (χ1n) is 6.65. The lowest BCUT2D eigenvalue weighted by atomic mass is 9.83. The SMILES string of the molecule is CCC(C)(C)C(Br)Cc1cccc2ccccc12. The second-order valence-electron chi connectivity index (χ2n) is 5.65. The van der Waals surface area contributed by atoms with Crippen molar-refractivity contribution in [2.75, 3.05) is 0 Å². The molecule has 0 fully saturated rings. The summed E-state index contributed by atoms with van der Waals surface area (Å²) in [4.78, 5) is 0.515. The van der Waals surface area contributed by atoms with Crippen LogP contribution in [-0.4, -0.2) is 4.83 Å². The lowest BCUT2D eigenvalue weighted by molar-refractivity contribution is 0.340. The van der Waals surface area contributed by atoms with Gasteiger partial charge in [-0.25, -0.2) is 0 Å². The van der Waals surface area contributed by atoms with E-state index in [4.69, 9.17) is 0 Å². The lowest BCUT2D eigenvalue weighted by Gasteiger charge is -2.29. The minimum Gasteiger partial charge on any atom is -0.0881 e. The zero-order valence-electron chi connectivity index (χ0n) is 11.4. The van der Waals surface area contributed by atoms with Crippen molar-refractivity contribution < 1.29 is 0 Å². The van der Waals surface area contributed by atoms with Crippen LogP contribution in [0, 0.1) is 5.41 Å². The summed E-state index contributed by atoms with van der Waals surface area (Å²) in [7, 11) is 0. The molecule has 0 aliphatic rings. The van der Waals surface area contributed by atoms with Crippen molar-refractivity contribution in [2.45, 2.75) is 38.4 Å². The molecule has 0 aliphatic heterocycles. The molecule has 2 rings (SSSR count). The largest absolute Gasteiger partial charge is 0.0881 e. The van der Waals surface area contributed by atoms with Gasteiger partial charge in [-0.15, -0.1) is 0 Å². The maximum absolute atomic E-state index is 3.88. The Morgan fingerprint density at radius 3 is 2.44 bits per heavy atom. The highest BCUT2D eigenvalue weighted by Crippen LogP contribution is 2.34. The molecule has 2 aromatic rings. The number of halogens is 1. The second kappa shape index (κ2) is 5.44. The molecular formula is C17H21Br. The molecule has 1 atom stereocenters. The fourth-order valence-electron chi connectivity index (χ4n) is 2.16. The van der Waals surface area contributed by atoms with Crippen LogP contribution in [0.5, 0.6) is 0 Å². The number of hydrogen-bond acceptors (Lipinski definition) is 0. The highest BCUT2D eigenvalue weighted by molar-refractivity contribution is 9.09. The standard InChI is InChI=1S/C17H21Br/c1-4-17(2,3)16(18)12-14-10-7-9-13-8-5-6-11-15(13)14/h5-11,16H,4,12H2,1-3H3. The highest BCUT2D eigenvalue weighted by atomic mass is 79.9. The number of hydrogen-bond donors (Lipinski definition) is 0. The average Bonchev–Trinajstić information content (AvgIpc) is 2.39. The molecule has 2 aromatic carbocycles. The maximum Gasteiger partial charge on any atom is 0.0237 e. The number of alkyl halides is 1. The predicted molar refractivity (Wildman–Crippen MR) is 84.4 cm³/mol. The quantitative estimate of drug-likeness (QED) is 0.647. The van der Waals surface area contributed by atoms with Crippen molar-refractivity contribution in [3.05, 3.63) is 48.0 Å². The Hall–Kier alpha value is -0.820. The molecule has 0 nitrogen and oxygen atoms in total. The van der Waals surface area contributed by atoms with Gasteiger partial charge in [0.1, 0.15) is 0 Å². The molecule has 1 heteroatoms. The summed E-state index contributed by atoms with van der Waals surface area (Å²) < 4.78 is 0. The summed E-state index contributed by atoms with van der Waals surface area (Å²) in [5, 5.41) is 2.72. The Bertz CT molecular complexity index is 523. The topological polar surface area (TPSA) is 0 Å². The second-order valence-corrected chi connectivity index (χ2v) is 6.76. The average molecular weight is 305 g/mol. The molecule has 0 aliphatic carbocycles. The normalized spacial score (nSPS) is 13.8. The van der Waals surface area contributed by atoms with Gasteiger partial charge in [0, 0.05) is 4.83 Å². The molecule has 0 N–H and O–H groups in total. The summed E-state index contributed by atoms with van der Waals surface area (Å²) in [5.41, 5.74) is 1.77. The van der Waals surface area contributed by atoms with Crippen molar-refractivity contribution in [1.82, 2.24) is 0 Å². The van der Waals surface area contributed by atoms with Crippen molar-refractivity contribution in [3.63, 3.8) is 0 Å². The van der Waals surface area contributed by atoms with Gasteiger partial charge in [-0.05, 0) is 34.6 Å². The van der Waals surface area contributed by atoms with Gasteiger partial charge in [0.2, 0.25) is 0 Å². The van der Waals surface area contributed by atoms with Gasteiger partial charge in [0.25, 0.3) is 0 Å². The summed E-state index contributed by atoms with van der Waals surface area (Å²) >= 11 is 3.88. The first-order chi connectivity index (χ1) is 8.54. The van der Waals surface area contributed by atoms with Gasteiger partial charge in [-0.1, -0.05) is 79.2 Å². The van der Waals surface area contributed by atoms with Crippen LogP contribution < -0.4 is 0 Å². The van der Waals surface area contributed by atoms with E-state index in [1.807, 2.05) is 0 Å². The third-order valence-corrected chi connectivity index (χ3v) is 5.60. The van der Waals surface area contributed by atoms with E-state index in [1.54, 1.807) is 0 Å². The van der Waals surface area contributed by atoms with E-state index >= 15 is 0 Å². The Labute approximate surface area is 119 Å². The molecule has 0 heterocycles. The molecule has 0 saturated carbocycles. The number of fused-ring (bicyclic) bond motifs is 1. The van der Waals surface area contributed by atoms with Gasteiger partial charge in [0.05, 0.1) is 0 Å². The van der Waals surface area contributed by atoms with Gasteiger partial charge in [-0.3, -0.25) is 0 Å². The zero-order chi connectivity index (χ0) is 13.2. The monoisotopic (exact) mass is 304 g/mol. The minimum atomic E-state index is 0.330.